The Bertz CT molecular complexity index is 472. The van der Waals surface area contributed by atoms with Crippen LogP contribution in [-0.4, -0.2) is 14.8 Å². The van der Waals surface area contributed by atoms with Gasteiger partial charge in [-0.05, 0) is 31.2 Å². The van der Waals surface area contributed by atoms with E-state index < -0.39 is 0 Å². The van der Waals surface area contributed by atoms with E-state index in [2.05, 4.69) is 39.2 Å². The predicted molar refractivity (Wildman–Crippen MR) is 64.8 cm³/mol. The van der Waals surface area contributed by atoms with Gasteiger partial charge in [0.05, 0.1) is 6.04 Å². The van der Waals surface area contributed by atoms with Crippen molar-refractivity contribution < 1.29 is 0 Å². The van der Waals surface area contributed by atoms with E-state index in [4.69, 9.17) is 0 Å². The van der Waals surface area contributed by atoms with E-state index in [1.807, 2.05) is 0 Å². The molecular weight excluding hydrogens is 218 g/mol. The zero-order valence-corrected chi connectivity index (χ0v) is 10.2. The van der Waals surface area contributed by atoms with Crippen LogP contribution in [0.2, 0.25) is 0 Å². The van der Waals surface area contributed by atoms with Crippen molar-refractivity contribution in [1.82, 2.24) is 14.8 Å². The van der Waals surface area contributed by atoms with Crippen LogP contribution in [0.3, 0.4) is 0 Å². The van der Waals surface area contributed by atoms with Gasteiger partial charge in [0, 0.05) is 17.7 Å². The van der Waals surface area contributed by atoms with Gasteiger partial charge in [0.2, 0.25) is 0 Å². The summed E-state index contributed by atoms with van der Waals surface area (Å²) in [6.07, 6.45) is 4.44. The summed E-state index contributed by atoms with van der Waals surface area (Å²) in [7, 11) is 0. The first kappa shape index (κ1) is 10.0. The van der Waals surface area contributed by atoms with Gasteiger partial charge in [-0.15, -0.1) is 11.3 Å². The molecule has 1 unspecified atom stereocenters. The van der Waals surface area contributed by atoms with Crippen LogP contribution in [0.4, 0.5) is 0 Å². The Hall–Kier alpha value is -1.16. The molecule has 0 aliphatic carbocycles. The van der Waals surface area contributed by atoms with E-state index in [1.54, 1.807) is 11.3 Å². The van der Waals surface area contributed by atoms with Crippen molar-refractivity contribution in [1.29, 1.82) is 0 Å². The van der Waals surface area contributed by atoms with Crippen molar-refractivity contribution in [3.63, 3.8) is 0 Å². The molecule has 0 radical (unpaired) electrons. The van der Waals surface area contributed by atoms with Crippen molar-refractivity contribution in [2.24, 2.45) is 0 Å². The van der Waals surface area contributed by atoms with E-state index in [1.165, 1.54) is 23.5 Å². The standard InChI is InChI=1S/C12H15N3S/c1-9-4-2-6-12-13-11(14-15(9)12)8-10-5-3-7-16-10/h3,5,7,9H,2,4,6,8H2,1H3. The highest BCUT2D eigenvalue weighted by atomic mass is 32.1. The summed E-state index contributed by atoms with van der Waals surface area (Å²) in [5.41, 5.74) is 0. The molecule has 16 heavy (non-hydrogen) atoms. The van der Waals surface area contributed by atoms with Gasteiger partial charge in [0.25, 0.3) is 0 Å². The highest BCUT2D eigenvalue weighted by Crippen LogP contribution is 2.23. The van der Waals surface area contributed by atoms with Crippen molar-refractivity contribution >= 4 is 11.3 Å². The molecule has 0 bridgehead atoms. The number of nitrogens with zero attached hydrogens (tertiary/aromatic N) is 3. The summed E-state index contributed by atoms with van der Waals surface area (Å²) in [5, 5.41) is 6.72. The molecule has 2 aromatic heterocycles. The van der Waals surface area contributed by atoms with Crippen LogP contribution in [0.1, 0.15) is 42.3 Å². The van der Waals surface area contributed by atoms with E-state index in [9.17, 15) is 0 Å². The Morgan fingerprint density at radius 3 is 3.25 bits per heavy atom. The Kier molecular flexibility index (Phi) is 2.52. The van der Waals surface area contributed by atoms with Crippen LogP contribution in [-0.2, 0) is 12.8 Å². The molecule has 3 nitrogen and oxygen atoms in total. The third-order valence-corrected chi connectivity index (χ3v) is 3.97. The highest BCUT2D eigenvalue weighted by molar-refractivity contribution is 7.09. The normalized spacial score (nSPS) is 19.7. The fourth-order valence-corrected chi connectivity index (χ4v) is 2.95. The molecule has 3 rings (SSSR count). The first-order chi connectivity index (χ1) is 7.83. The van der Waals surface area contributed by atoms with Crippen molar-refractivity contribution in [2.45, 2.75) is 38.6 Å². The van der Waals surface area contributed by atoms with E-state index >= 15 is 0 Å². The number of rotatable bonds is 2. The van der Waals surface area contributed by atoms with E-state index in [-0.39, 0.29) is 0 Å². The number of aromatic nitrogens is 3. The minimum Gasteiger partial charge on any atom is -0.247 e. The quantitative estimate of drug-likeness (QED) is 0.798. The molecular formula is C12H15N3S. The maximum Gasteiger partial charge on any atom is 0.156 e. The smallest absolute Gasteiger partial charge is 0.156 e. The van der Waals surface area contributed by atoms with Crippen LogP contribution >= 0.6 is 11.3 Å². The molecule has 0 amide bonds. The molecule has 0 saturated heterocycles. The maximum atomic E-state index is 4.63. The summed E-state index contributed by atoms with van der Waals surface area (Å²) in [5.74, 6) is 2.15. The molecule has 3 heterocycles. The van der Waals surface area contributed by atoms with Gasteiger partial charge in [0.15, 0.2) is 5.82 Å². The second kappa shape index (κ2) is 4.01. The Morgan fingerprint density at radius 1 is 1.56 bits per heavy atom. The van der Waals surface area contributed by atoms with Gasteiger partial charge >= 0.3 is 0 Å². The first-order valence-electron chi connectivity index (χ1n) is 5.79. The minimum atomic E-state index is 0.522. The summed E-state index contributed by atoms with van der Waals surface area (Å²) < 4.78 is 2.12. The fraction of sp³-hybridized carbons (Fsp3) is 0.500. The van der Waals surface area contributed by atoms with Gasteiger partial charge in [-0.25, -0.2) is 9.67 Å². The number of aryl methyl sites for hydroxylation is 1. The largest absolute Gasteiger partial charge is 0.247 e. The molecule has 0 N–H and O–H groups in total. The Morgan fingerprint density at radius 2 is 2.50 bits per heavy atom. The predicted octanol–water partition coefficient (Wildman–Crippen LogP) is 2.83. The summed E-state index contributed by atoms with van der Waals surface area (Å²) in [6.45, 7) is 2.23. The minimum absolute atomic E-state index is 0.522. The van der Waals surface area contributed by atoms with Crippen LogP contribution in [0.5, 0.6) is 0 Å². The van der Waals surface area contributed by atoms with Crippen molar-refractivity contribution in [3.8, 4) is 0 Å². The monoisotopic (exact) mass is 233 g/mol. The fourth-order valence-electron chi connectivity index (χ4n) is 2.25. The van der Waals surface area contributed by atoms with Crippen LogP contribution in [0, 0.1) is 0 Å². The average Bonchev–Trinajstić information content (AvgIpc) is 2.88. The topological polar surface area (TPSA) is 30.7 Å². The number of fused-ring (bicyclic) bond motifs is 1. The molecule has 4 heteroatoms. The summed E-state index contributed by atoms with van der Waals surface area (Å²) in [4.78, 5) is 5.98. The van der Waals surface area contributed by atoms with Gasteiger partial charge < -0.3 is 0 Å². The SMILES string of the molecule is CC1CCCc2nc(Cc3cccs3)nn21. The molecule has 2 aromatic rings. The first-order valence-corrected chi connectivity index (χ1v) is 6.67. The molecule has 1 aliphatic rings. The average molecular weight is 233 g/mol. The number of hydrogen-bond acceptors (Lipinski definition) is 3. The van der Waals surface area contributed by atoms with E-state index in [0.29, 0.717) is 6.04 Å². The Labute approximate surface area is 99.1 Å². The maximum absolute atomic E-state index is 4.63. The van der Waals surface area contributed by atoms with E-state index in [0.717, 1.165) is 18.7 Å². The Balaban J connectivity index is 1.87. The molecule has 0 spiro atoms. The molecule has 0 saturated carbocycles. The zero-order chi connectivity index (χ0) is 11.0. The lowest BCUT2D eigenvalue weighted by molar-refractivity contribution is 0.387. The number of hydrogen-bond donors (Lipinski definition) is 0. The summed E-state index contributed by atoms with van der Waals surface area (Å²) in [6, 6.07) is 4.75. The van der Waals surface area contributed by atoms with Gasteiger partial charge in [-0.1, -0.05) is 6.07 Å². The van der Waals surface area contributed by atoms with Crippen molar-refractivity contribution in [3.05, 3.63) is 34.0 Å². The van der Waals surface area contributed by atoms with Crippen molar-refractivity contribution in [2.75, 3.05) is 0 Å². The molecule has 1 aliphatic heterocycles. The second-order valence-corrected chi connectivity index (χ2v) is 5.42. The third-order valence-electron chi connectivity index (χ3n) is 3.10. The van der Waals surface area contributed by atoms with Gasteiger partial charge in [-0.3, -0.25) is 0 Å². The second-order valence-electron chi connectivity index (χ2n) is 4.39. The lowest BCUT2D eigenvalue weighted by atomic mass is 10.1. The molecule has 84 valence electrons. The highest BCUT2D eigenvalue weighted by Gasteiger charge is 2.19. The third kappa shape index (κ3) is 1.78. The van der Waals surface area contributed by atoms with Crippen LogP contribution in [0.25, 0.3) is 0 Å². The molecule has 0 fully saturated rings. The summed E-state index contributed by atoms with van der Waals surface area (Å²) >= 11 is 1.78. The van der Waals surface area contributed by atoms with Crippen LogP contribution in [0.15, 0.2) is 17.5 Å². The molecule has 0 aromatic carbocycles. The lowest BCUT2D eigenvalue weighted by Gasteiger charge is -2.18. The number of thiophene rings is 1. The molecule has 1 atom stereocenters. The lowest BCUT2D eigenvalue weighted by Crippen LogP contribution is -2.16. The zero-order valence-electron chi connectivity index (χ0n) is 9.39. The van der Waals surface area contributed by atoms with Gasteiger partial charge in [-0.2, -0.15) is 5.10 Å². The van der Waals surface area contributed by atoms with Gasteiger partial charge in [0.1, 0.15) is 5.82 Å². The van der Waals surface area contributed by atoms with Crippen LogP contribution < -0.4 is 0 Å².